The monoisotopic (exact) mass is 378 g/mol. The maximum atomic E-state index is 6.69. The Kier molecular flexibility index (Phi) is 4.18. The van der Waals surface area contributed by atoms with E-state index in [1.807, 2.05) is 24.3 Å². The molecule has 5 rings (SSSR count). The Morgan fingerprint density at radius 2 is 1.79 bits per heavy atom. The second kappa shape index (κ2) is 6.73. The minimum atomic E-state index is -0.362. The summed E-state index contributed by atoms with van der Waals surface area (Å²) in [5, 5.41) is 7.37. The topological polar surface area (TPSA) is 43.3 Å². The molecule has 2 aromatic carbocycles. The van der Waals surface area contributed by atoms with E-state index in [0.29, 0.717) is 0 Å². The standard InChI is InChI=1S/C23H26N2O3/c1-26-17-11-9-16(10-12-17)19-15-20-18-7-6-8-21(27-2)22(18)28-23(25(20)24-19)13-4-3-5-14-23/h6-12,20H,3-5,13-15H2,1-2H3/t20-/m0/s1. The Morgan fingerprint density at radius 3 is 2.50 bits per heavy atom. The normalized spacial score (nSPS) is 22.1. The lowest BCUT2D eigenvalue weighted by Gasteiger charge is -2.49. The first-order chi connectivity index (χ1) is 13.7. The Bertz CT molecular complexity index is 901. The summed E-state index contributed by atoms with van der Waals surface area (Å²) < 4.78 is 17.6. The van der Waals surface area contributed by atoms with Gasteiger partial charge >= 0.3 is 0 Å². The quantitative estimate of drug-likeness (QED) is 0.761. The molecular weight excluding hydrogens is 352 g/mol. The minimum Gasteiger partial charge on any atom is -0.497 e. The Morgan fingerprint density at radius 1 is 1.00 bits per heavy atom. The molecule has 5 nitrogen and oxygen atoms in total. The molecule has 1 aliphatic carbocycles. The fourth-order valence-electron chi connectivity index (χ4n) is 4.82. The fraction of sp³-hybridized carbons (Fsp3) is 0.435. The van der Waals surface area contributed by atoms with Gasteiger partial charge in [0.05, 0.1) is 26.0 Å². The summed E-state index contributed by atoms with van der Waals surface area (Å²) in [7, 11) is 3.41. The van der Waals surface area contributed by atoms with Gasteiger partial charge in [0.2, 0.25) is 0 Å². The average Bonchev–Trinajstić information content (AvgIpc) is 3.21. The van der Waals surface area contributed by atoms with Gasteiger partial charge in [-0.15, -0.1) is 0 Å². The molecule has 1 spiro atoms. The van der Waals surface area contributed by atoms with Gasteiger partial charge in [-0.05, 0) is 48.7 Å². The number of nitrogens with zero attached hydrogens (tertiary/aromatic N) is 2. The van der Waals surface area contributed by atoms with Crippen LogP contribution < -0.4 is 14.2 Å². The van der Waals surface area contributed by atoms with E-state index in [-0.39, 0.29) is 11.8 Å². The predicted molar refractivity (Wildman–Crippen MR) is 108 cm³/mol. The highest BCUT2D eigenvalue weighted by atomic mass is 16.5. The van der Waals surface area contributed by atoms with E-state index < -0.39 is 0 Å². The fourth-order valence-corrected chi connectivity index (χ4v) is 4.82. The lowest BCUT2D eigenvalue weighted by Crippen LogP contribution is -2.54. The van der Waals surface area contributed by atoms with Crippen molar-refractivity contribution in [3.05, 3.63) is 53.6 Å². The van der Waals surface area contributed by atoms with E-state index in [0.717, 1.165) is 47.8 Å². The summed E-state index contributed by atoms with van der Waals surface area (Å²) in [6, 6.07) is 14.6. The van der Waals surface area contributed by atoms with Crippen LogP contribution in [0.1, 0.15) is 55.7 Å². The molecule has 28 heavy (non-hydrogen) atoms. The van der Waals surface area contributed by atoms with Crippen LogP contribution >= 0.6 is 0 Å². The number of ether oxygens (including phenoxy) is 3. The number of methoxy groups -OCH3 is 2. The van der Waals surface area contributed by atoms with Crippen LogP contribution in [0, 0.1) is 0 Å². The second-order valence-corrected chi connectivity index (χ2v) is 7.83. The third kappa shape index (κ3) is 2.64. The third-order valence-corrected chi connectivity index (χ3v) is 6.27. The van der Waals surface area contributed by atoms with Crippen molar-refractivity contribution in [3.8, 4) is 17.2 Å². The average molecular weight is 378 g/mol. The van der Waals surface area contributed by atoms with Gasteiger partial charge in [-0.1, -0.05) is 18.6 Å². The van der Waals surface area contributed by atoms with E-state index in [4.69, 9.17) is 19.3 Å². The molecule has 1 fully saturated rings. The van der Waals surface area contributed by atoms with Gasteiger partial charge in [0.1, 0.15) is 5.75 Å². The maximum absolute atomic E-state index is 6.69. The summed E-state index contributed by atoms with van der Waals surface area (Å²) in [6.07, 6.45) is 6.47. The molecule has 0 radical (unpaired) electrons. The number of hydrogen-bond donors (Lipinski definition) is 0. The first kappa shape index (κ1) is 17.4. The molecule has 0 saturated heterocycles. The molecule has 0 unspecified atom stereocenters. The number of hydrazone groups is 1. The highest BCUT2D eigenvalue weighted by Crippen LogP contribution is 2.53. The second-order valence-electron chi connectivity index (χ2n) is 7.83. The highest BCUT2D eigenvalue weighted by molar-refractivity contribution is 6.02. The number of rotatable bonds is 3. The van der Waals surface area contributed by atoms with Gasteiger partial charge in [-0.3, -0.25) is 0 Å². The summed E-state index contributed by atoms with van der Waals surface area (Å²) in [5.41, 5.74) is 3.06. The van der Waals surface area contributed by atoms with E-state index >= 15 is 0 Å². The van der Waals surface area contributed by atoms with Gasteiger partial charge in [-0.25, -0.2) is 5.01 Å². The molecule has 2 aliphatic heterocycles. The molecule has 5 heteroatoms. The molecule has 146 valence electrons. The Labute approximate surface area is 165 Å². The van der Waals surface area contributed by atoms with E-state index in [2.05, 4.69) is 23.2 Å². The SMILES string of the molecule is COc1ccc(C2=NN3[C@@H](C2)c2cccc(OC)c2OC32CCCCC2)cc1. The van der Waals surface area contributed by atoms with Gasteiger partial charge in [-0.2, -0.15) is 5.10 Å². The Balaban J connectivity index is 1.58. The van der Waals surface area contributed by atoms with Crippen molar-refractivity contribution in [2.45, 2.75) is 50.3 Å². The number of para-hydroxylation sites is 1. The van der Waals surface area contributed by atoms with Crippen molar-refractivity contribution in [3.63, 3.8) is 0 Å². The van der Waals surface area contributed by atoms with Crippen LogP contribution in [-0.4, -0.2) is 30.7 Å². The lowest BCUT2D eigenvalue weighted by molar-refractivity contribution is -0.141. The van der Waals surface area contributed by atoms with Crippen molar-refractivity contribution in [1.82, 2.24) is 5.01 Å². The lowest BCUT2D eigenvalue weighted by atomic mass is 9.86. The zero-order valence-electron chi connectivity index (χ0n) is 16.5. The van der Waals surface area contributed by atoms with Crippen LogP contribution in [0.3, 0.4) is 0 Å². The molecule has 0 amide bonds. The molecule has 1 saturated carbocycles. The van der Waals surface area contributed by atoms with E-state index in [1.54, 1.807) is 14.2 Å². The van der Waals surface area contributed by atoms with E-state index in [9.17, 15) is 0 Å². The van der Waals surface area contributed by atoms with Crippen molar-refractivity contribution >= 4 is 5.71 Å². The zero-order chi connectivity index (χ0) is 19.1. The third-order valence-electron chi connectivity index (χ3n) is 6.27. The van der Waals surface area contributed by atoms with Crippen molar-refractivity contribution < 1.29 is 14.2 Å². The van der Waals surface area contributed by atoms with Crippen LogP contribution in [0.4, 0.5) is 0 Å². The summed E-state index contributed by atoms with van der Waals surface area (Å²) in [5.74, 6) is 2.58. The molecule has 3 aliphatic rings. The summed E-state index contributed by atoms with van der Waals surface area (Å²) in [4.78, 5) is 0. The van der Waals surface area contributed by atoms with Gasteiger partial charge < -0.3 is 14.2 Å². The molecule has 2 heterocycles. The minimum absolute atomic E-state index is 0.189. The van der Waals surface area contributed by atoms with Crippen LogP contribution in [-0.2, 0) is 0 Å². The highest BCUT2D eigenvalue weighted by Gasteiger charge is 2.51. The summed E-state index contributed by atoms with van der Waals surface area (Å²) in [6.45, 7) is 0. The van der Waals surface area contributed by atoms with Gasteiger partial charge in [0.25, 0.3) is 0 Å². The van der Waals surface area contributed by atoms with Gasteiger partial charge in [0.15, 0.2) is 17.2 Å². The maximum Gasteiger partial charge on any atom is 0.198 e. The number of hydrogen-bond acceptors (Lipinski definition) is 5. The molecule has 0 N–H and O–H groups in total. The molecule has 0 aromatic heterocycles. The molecular formula is C23H26N2O3. The largest absolute Gasteiger partial charge is 0.497 e. The smallest absolute Gasteiger partial charge is 0.198 e. The molecule has 0 bridgehead atoms. The van der Waals surface area contributed by atoms with Crippen LogP contribution in [0.25, 0.3) is 0 Å². The van der Waals surface area contributed by atoms with Crippen LogP contribution in [0.2, 0.25) is 0 Å². The first-order valence-corrected chi connectivity index (χ1v) is 10.1. The zero-order valence-corrected chi connectivity index (χ0v) is 16.5. The van der Waals surface area contributed by atoms with E-state index in [1.165, 1.54) is 24.8 Å². The van der Waals surface area contributed by atoms with Crippen molar-refractivity contribution in [1.29, 1.82) is 0 Å². The van der Waals surface area contributed by atoms with Crippen molar-refractivity contribution in [2.75, 3.05) is 14.2 Å². The molecule has 2 aromatic rings. The van der Waals surface area contributed by atoms with Gasteiger partial charge in [0, 0.05) is 24.8 Å². The Hall–Kier alpha value is -2.69. The first-order valence-electron chi connectivity index (χ1n) is 10.1. The predicted octanol–water partition coefficient (Wildman–Crippen LogP) is 4.91. The molecule has 1 atom stereocenters. The van der Waals surface area contributed by atoms with Crippen LogP contribution in [0.5, 0.6) is 17.2 Å². The van der Waals surface area contributed by atoms with Crippen LogP contribution in [0.15, 0.2) is 47.6 Å². The van der Waals surface area contributed by atoms with Crippen molar-refractivity contribution in [2.24, 2.45) is 5.10 Å². The number of benzene rings is 2. The summed E-state index contributed by atoms with van der Waals surface area (Å²) >= 11 is 0. The number of fused-ring (bicyclic) bond motifs is 4.